The minimum atomic E-state index is -4.77. The van der Waals surface area contributed by atoms with Crippen LogP contribution in [0.25, 0.3) is 0 Å². The SMILES string of the molecule is CCC(c1ncc(C(F)(F)F)c(=O)n1Cc1ccccc1)N(CCN(C)C)Cc1ccc(Br)cc1. The van der Waals surface area contributed by atoms with Gasteiger partial charge in [-0.25, -0.2) is 4.98 Å². The molecule has 35 heavy (non-hydrogen) atoms. The van der Waals surface area contributed by atoms with E-state index in [9.17, 15) is 18.0 Å². The number of hydrogen-bond donors (Lipinski definition) is 0. The van der Waals surface area contributed by atoms with Gasteiger partial charge in [0, 0.05) is 30.3 Å². The Labute approximate surface area is 212 Å². The number of likely N-dealkylation sites (N-methyl/N-ethyl adjacent to an activating group) is 1. The molecule has 0 N–H and O–H groups in total. The second-order valence-electron chi connectivity index (χ2n) is 8.73. The van der Waals surface area contributed by atoms with Crippen LogP contribution in [0.3, 0.4) is 0 Å². The highest BCUT2D eigenvalue weighted by Gasteiger charge is 2.36. The van der Waals surface area contributed by atoms with Gasteiger partial charge < -0.3 is 4.90 Å². The maximum Gasteiger partial charge on any atom is 0.423 e. The van der Waals surface area contributed by atoms with Gasteiger partial charge in [0.05, 0.1) is 12.6 Å². The maximum absolute atomic E-state index is 13.6. The average Bonchev–Trinajstić information content (AvgIpc) is 2.81. The summed E-state index contributed by atoms with van der Waals surface area (Å²) in [5.74, 6) is 0.338. The number of aromatic nitrogens is 2. The van der Waals surface area contributed by atoms with E-state index < -0.39 is 17.3 Å². The zero-order chi connectivity index (χ0) is 25.6. The van der Waals surface area contributed by atoms with Crippen molar-refractivity contribution in [3.05, 3.63) is 98.1 Å². The van der Waals surface area contributed by atoms with E-state index in [0.717, 1.165) is 22.1 Å². The molecule has 1 heterocycles. The van der Waals surface area contributed by atoms with Gasteiger partial charge >= 0.3 is 6.18 Å². The Morgan fingerprint density at radius 2 is 1.66 bits per heavy atom. The molecule has 188 valence electrons. The molecule has 0 amide bonds. The predicted octanol–water partition coefficient (Wildman–Crippen LogP) is 5.59. The Balaban J connectivity index is 2.09. The predicted molar refractivity (Wildman–Crippen MR) is 135 cm³/mol. The highest BCUT2D eigenvalue weighted by Crippen LogP contribution is 2.29. The number of nitrogens with zero attached hydrogens (tertiary/aromatic N) is 4. The van der Waals surface area contributed by atoms with Crippen molar-refractivity contribution in [2.45, 2.75) is 38.7 Å². The van der Waals surface area contributed by atoms with Crippen molar-refractivity contribution in [3.8, 4) is 0 Å². The molecule has 0 fully saturated rings. The summed E-state index contributed by atoms with van der Waals surface area (Å²) in [6.07, 6.45) is -3.51. The molecule has 1 unspecified atom stereocenters. The van der Waals surface area contributed by atoms with E-state index in [4.69, 9.17) is 0 Å². The molecule has 0 aliphatic rings. The summed E-state index contributed by atoms with van der Waals surface area (Å²) in [5.41, 5.74) is -0.519. The summed E-state index contributed by atoms with van der Waals surface area (Å²) in [6, 6.07) is 16.6. The van der Waals surface area contributed by atoms with Gasteiger partial charge in [-0.15, -0.1) is 0 Å². The fraction of sp³-hybridized carbons (Fsp3) is 0.385. The molecule has 0 aliphatic heterocycles. The monoisotopic (exact) mass is 550 g/mol. The van der Waals surface area contributed by atoms with E-state index in [1.54, 1.807) is 24.3 Å². The lowest BCUT2D eigenvalue weighted by molar-refractivity contribution is -0.139. The second-order valence-corrected chi connectivity index (χ2v) is 9.64. The largest absolute Gasteiger partial charge is 0.423 e. The molecule has 0 saturated heterocycles. The van der Waals surface area contributed by atoms with Crippen LogP contribution in [0.15, 0.2) is 70.1 Å². The summed E-state index contributed by atoms with van der Waals surface area (Å²) in [5, 5.41) is 0. The van der Waals surface area contributed by atoms with Gasteiger partial charge in [0.1, 0.15) is 11.4 Å². The Kier molecular flexibility index (Phi) is 9.27. The van der Waals surface area contributed by atoms with Gasteiger partial charge in [0.25, 0.3) is 5.56 Å². The smallest absolute Gasteiger partial charge is 0.308 e. The molecule has 3 rings (SSSR count). The number of alkyl halides is 3. The molecule has 3 aromatic rings. The standard InChI is InChI=1S/C26H30BrF3N4O/c1-4-23(33(15-14-32(2)3)17-20-10-12-21(27)13-11-20)24-31-16-22(26(28,29)30)25(35)34(24)18-19-8-6-5-7-9-19/h5-13,16,23H,4,14-15,17-18H2,1-3H3. The molecule has 0 aliphatic carbocycles. The molecular weight excluding hydrogens is 521 g/mol. The number of hydrogen-bond acceptors (Lipinski definition) is 4. The van der Waals surface area contributed by atoms with Crippen molar-refractivity contribution in [2.75, 3.05) is 27.2 Å². The normalized spacial score (nSPS) is 12.9. The quantitative estimate of drug-likeness (QED) is 0.330. The molecule has 9 heteroatoms. The Bertz CT molecular complexity index is 1150. The number of rotatable bonds is 10. The van der Waals surface area contributed by atoms with E-state index in [-0.39, 0.29) is 12.6 Å². The van der Waals surface area contributed by atoms with Crippen molar-refractivity contribution in [1.82, 2.24) is 19.4 Å². The summed E-state index contributed by atoms with van der Waals surface area (Å²) in [7, 11) is 3.95. The van der Waals surface area contributed by atoms with E-state index >= 15 is 0 Å². The highest BCUT2D eigenvalue weighted by atomic mass is 79.9. The lowest BCUT2D eigenvalue weighted by atomic mass is 10.1. The first-order valence-electron chi connectivity index (χ1n) is 11.4. The van der Waals surface area contributed by atoms with Crippen LogP contribution in [0.1, 0.15) is 41.9 Å². The fourth-order valence-electron chi connectivity index (χ4n) is 3.99. The van der Waals surface area contributed by atoms with E-state index in [1.165, 1.54) is 4.57 Å². The zero-order valence-electron chi connectivity index (χ0n) is 20.1. The third-order valence-corrected chi connectivity index (χ3v) is 6.35. The van der Waals surface area contributed by atoms with Crippen molar-refractivity contribution >= 4 is 15.9 Å². The topological polar surface area (TPSA) is 41.4 Å². The summed E-state index contributed by atoms with van der Waals surface area (Å²) in [6.45, 7) is 3.95. The summed E-state index contributed by atoms with van der Waals surface area (Å²) >= 11 is 3.45. The third-order valence-electron chi connectivity index (χ3n) is 5.83. The van der Waals surface area contributed by atoms with E-state index in [2.05, 4.69) is 30.7 Å². The maximum atomic E-state index is 13.6. The minimum Gasteiger partial charge on any atom is -0.308 e. The molecule has 0 radical (unpaired) electrons. The van der Waals surface area contributed by atoms with Gasteiger partial charge in [-0.3, -0.25) is 14.3 Å². The molecule has 1 atom stereocenters. The van der Waals surface area contributed by atoms with Gasteiger partial charge in [0.2, 0.25) is 0 Å². The lowest BCUT2D eigenvalue weighted by Crippen LogP contribution is -2.39. The van der Waals surface area contributed by atoms with Crippen LogP contribution in [0, 0.1) is 0 Å². The lowest BCUT2D eigenvalue weighted by Gasteiger charge is -2.33. The first-order valence-corrected chi connectivity index (χ1v) is 12.2. The van der Waals surface area contributed by atoms with Crippen LogP contribution >= 0.6 is 15.9 Å². The fourth-order valence-corrected chi connectivity index (χ4v) is 4.25. The van der Waals surface area contributed by atoms with E-state index in [1.807, 2.05) is 51.4 Å². The van der Waals surface area contributed by atoms with Crippen LogP contribution in [0.4, 0.5) is 13.2 Å². The molecule has 0 bridgehead atoms. The van der Waals surface area contributed by atoms with Gasteiger partial charge in [-0.2, -0.15) is 13.2 Å². The molecule has 5 nitrogen and oxygen atoms in total. The van der Waals surface area contributed by atoms with E-state index in [0.29, 0.717) is 31.5 Å². The number of halogens is 4. The Morgan fingerprint density at radius 1 is 1.00 bits per heavy atom. The molecule has 0 saturated carbocycles. The van der Waals surface area contributed by atoms with Crippen LogP contribution in [-0.2, 0) is 19.3 Å². The molecule has 1 aromatic heterocycles. The third kappa shape index (κ3) is 7.25. The summed E-state index contributed by atoms with van der Waals surface area (Å²) in [4.78, 5) is 21.6. The van der Waals surface area contributed by atoms with Crippen molar-refractivity contribution < 1.29 is 13.2 Å². The highest BCUT2D eigenvalue weighted by molar-refractivity contribution is 9.10. The molecular formula is C26H30BrF3N4O. The minimum absolute atomic E-state index is 0.0161. The Hall–Kier alpha value is -2.49. The Morgan fingerprint density at radius 3 is 2.23 bits per heavy atom. The molecule has 0 spiro atoms. The number of benzene rings is 2. The zero-order valence-corrected chi connectivity index (χ0v) is 21.7. The second kappa shape index (κ2) is 12.0. The van der Waals surface area contributed by atoms with Crippen molar-refractivity contribution in [1.29, 1.82) is 0 Å². The first-order chi connectivity index (χ1) is 16.6. The van der Waals surface area contributed by atoms with Crippen molar-refractivity contribution in [3.63, 3.8) is 0 Å². The van der Waals surface area contributed by atoms with Crippen LogP contribution in [0.5, 0.6) is 0 Å². The summed E-state index contributed by atoms with van der Waals surface area (Å²) < 4.78 is 43.0. The van der Waals surface area contributed by atoms with Gasteiger partial charge in [0.15, 0.2) is 0 Å². The average molecular weight is 551 g/mol. The van der Waals surface area contributed by atoms with Gasteiger partial charge in [-0.1, -0.05) is 65.3 Å². The van der Waals surface area contributed by atoms with Crippen LogP contribution < -0.4 is 5.56 Å². The van der Waals surface area contributed by atoms with Gasteiger partial charge in [-0.05, 0) is 43.8 Å². The van der Waals surface area contributed by atoms with Crippen LogP contribution in [0.2, 0.25) is 0 Å². The van der Waals surface area contributed by atoms with Crippen LogP contribution in [-0.4, -0.2) is 46.5 Å². The van der Waals surface area contributed by atoms with Crippen molar-refractivity contribution in [2.24, 2.45) is 0 Å². The molecule has 2 aromatic carbocycles. The first kappa shape index (κ1) is 27.1.